The van der Waals surface area contributed by atoms with E-state index in [4.69, 9.17) is 27.8 Å². The number of rotatable bonds is 2. The fourth-order valence-electron chi connectivity index (χ4n) is 1.52. The second-order valence-corrected chi connectivity index (χ2v) is 4.47. The summed E-state index contributed by atoms with van der Waals surface area (Å²) in [7, 11) is 0. The quantitative estimate of drug-likeness (QED) is 0.503. The molecule has 4 N–H and O–H groups in total. The van der Waals surface area contributed by atoms with Gasteiger partial charge in [-0.1, -0.05) is 11.6 Å². The molecular formula is C14H11ClN2O3. The Morgan fingerprint density at radius 2 is 1.60 bits per heavy atom. The van der Waals surface area contributed by atoms with Crippen molar-refractivity contribution in [2.45, 2.75) is 0 Å². The molecular weight excluding hydrogens is 280 g/mol. The molecule has 0 saturated heterocycles. The fraction of sp³-hybridized carbons (Fsp3) is 0. The Morgan fingerprint density at radius 3 is 2.25 bits per heavy atom. The van der Waals surface area contributed by atoms with Gasteiger partial charge in [0.05, 0.1) is 11.1 Å². The summed E-state index contributed by atoms with van der Waals surface area (Å²) in [5.41, 5.74) is 12.1. The van der Waals surface area contributed by atoms with Crippen LogP contribution in [0.3, 0.4) is 0 Å². The number of carbonyl (C=O) groups excluding carboxylic acids is 2. The normalized spacial score (nSPS) is 10.1. The highest BCUT2D eigenvalue weighted by molar-refractivity contribution is 6.31. The van der Waals surface area contributed by atoms with E-state index in [1.807, 2.05) is 0 Å². The predicted octanol–water partition coefficient (Wildman–Crippen LogP) is 2.50. The molecule has 0 unspecified atom stereocenters. The summed E-state index contributed by atoms with van der Waals surface area (Å²) < 4.78 is 4.74. The molecule has 0 spiro atoms. The SMILES string of the molecule is Nc1ccc(C(=O)OC(=O)c2cc(Cl)ccc2N)cc1. The van der Waals surface area contributed by atoms with E-state index < -0.39 is 11.9 Å². The molecule has 2 rings (SSSR count). The maximum atomic E-state index is 11.9. The summed E-state index contributed by atoms with van der Waals surface area (Å²) in [5, 5.41) is 0.325. The summed E-state index contributed by atoms with van der Waals surface area (Å²) in [6, 6.07) is 10.3. The molecule has 0 heterocycles. The van der Waals surface area contributed by atoms with E-state index in [0.29, 0.717) is 10.7 Å². The van der Waals surface area contributed by atoms with Crippen LogP contribution in [0.1, 0.15) is 20.7 Å². The van der Waals surface area contributed by atoms with Crippen LogP contribution >= 0.6 is 11.6 Å². The number of nitrogen functional groups attached to an aromatic ring is 2. The third-order valence-electron chi connectivity index (χ3n) is 2.57. The summed E-state index contributed by atoms with van der Waals surface area (Å²) in [6.45, 7) is 0. The molecule has 0 fully saturated rings. The molecule has 0 atom stereocenters. The molecule has 102 valence electrons. The molecule has 5 nitrogen and oxygen atoms in total. The van der Waals surface area contributed by atoms with Crippen LogP contribution < -0.4 is 11.5 Å². The zero-order valence-corrected chi connectivity index (χ0v) is 11.1. The van der Waals surface area contributed by atoms with Gasteiger partial charge in [-0.3, -0.25) is 0 Å². The summed E-state index contributed by atoms with van der Waals surface area (Å²) in [4.78, 5) is 23.6. The monoisotopic (exact) mass is 290 g/mol. The van der Waals surface area contributed by atoms with E-state index in [9.17, 15) is 9.59 Å². The van der Waals surface area contributed by atoms with Gasteiger partial charge in [-0.05, 0) is 42.5 Å². The standard InChI is InChI=1S/C14H11ClN2O3/c15-9-3-6-12(17)11(7-9)14(19)20-13(18)8-1-4-10(16)5-2-8/h1-7H,16-17H2. The largest absolute Gasteiger partial charge is 0.399 e. The second-order valence-electron chi connectivity index (χ2n) is 4.03. The number of carbonyl (C=O) groups is 2. The van der Waals surface area contributed by atoms with Gasteiger partial charge in [0, 0.05) is 16.4 Å². The van der Waals surface area contributed by atoms with E-state index in [1.165, 1.54) is 42.5 Å². The third-order valence-corrected chi connectivity index (χ3v) is 2.80. The summed E-state index contributed by atoms with van der Waals surface area (Å²) >= 11 is 5.77. The van der Waals surface area contributed by atoms with E-state index in [1.54, 1.807) is 0 Å². The number of benzene rings is 2. The molecule has 20 heavy (non-hydrogen) atoms. The molecule has 2 aromatic rings. The van der Waals surface area contributed by atoms with E-state index >= 15 is 0 Å². The first-order chi connectivity index (χ1) is 9.47. The van der Waals surface area contributed by atoms with Crippen LogP contribution in [-0.2, 0) is 4.74 Å². The molecule has 0 saturated carbocycles. The van der Waals surface area contributed by atoms with Crippen LogP contribution in [0.2, 0.25) is 5.02 Å². The summed E-state index contributed by atoms with van der Waals surface area (Å²) in [6.07, 6.45) is 0. The lowest BCUT2D eigenvalue weighted by Gasteiger charge is -2.06. The maximum absolute atomic E-state index is 11.9. The van der Waals surface area contributed by atoms with Crippen molar-refractivity contribution in [2.24, 2.45) is 0 Å². The van der Waals surface area contributed by atoms with Gasteiger partial charge < -0.3 is 16.2 Å². The Labute approximate surface area is 120 Å². The lowest BCUT2D eigenvalue weighted by Crippen LogP contribution is -2.14. The lowest BCUT2D eigenvalue weighted by atomic mass is 10.2. The molecule has 0 bridgehead atoms. The van der Waals surface area contributed by atoms with Gasteiger partial charge in [-0.15, -0.1) is 0 Å². The average Bonchev–Trinajstić information content (AvgIpc) is 2.42. The van der Waals surface area contributed by atoms with Gasteiger partial charge in [0.1, 0.15) is 0 Å². The van der Waals surface area contributed by atoms with Gasteiger partial charge in [0.25, 0.3) is 0 Å². The van der Waals surface area contributed by atoms with Crippen molar-refractivity contribution in [3.05, 3.63) is 58.6 Å². The van der Waals surface area contributed by atoms with Gasteiger partial charge in [-0.2, -0.15) is 0 Å². The van der Waals surface area contributed by atoms with Gasteiger partial charge >= 0.3 is 11.9 Å². The first-order valence-corrected chi connectivity index (χ1v) is 6.02. The third kappa shape index (κ3) is 3.07. The predicted molar refractivity (Wildman–Crippen MR) is 76.5 cm³/mol. The number of hydrogen-bond acceptors (Lipinski definition) is 5. The van der Waals surface area contributed by atoms with E-state index in [0.717, 1.165) is 0 Å². The molecule has 0 aliphatic rings. The highest BCUT2D eigenvalue weighted by Gasteiger charge is 2.17. The van der Waals surface area contributed by atoms with Crippen LogP contribution in [0.4, 0.5) is 11.4 Å². The maximum Gasteiger partial charge on any atom is 0.348 e. The Morgan fingerprint density at radius 1 is 0.950 bits per heavy atom. The Balaban J connectivity index is 2.17. The number of hydrogen-bond donors (Lipinski definition) is 2. The van der Waals surface area contributed by atoms with Crippen LogP contribution in [-0.4, -0.2) is 11.9 Å². The van der Waals surface area contributed by atoms with Crippen molar-refractivity contribution >= 4 is 34.9 Å². The van der Waals surface area contributed by atoms with Crippen molar-refractivity contribution < 1.29 is 14.3 Å². The number of anilines is 2. The molecule has 2 aromatic carbocycles. The first kappa shape index (κ1) is 13.9. The number of ether oxygens (including phenoxy) is 1. The smallest absolute Gasteiger partial charge is 0.348 e. The van der Waals surface area contributed by atoms with Crippen LogP contribution in [0.25, 0.3) is 0 Å². The van der Waals surface area contributed by atoms with Gasteiger partial charge in [0.15, 0.2) is 0 Å². The van der Waals surface area contributed by atoms with Crippen molar-refractivity contribution in [3.8, 4) is 0 Å². The van der Waals surface area contributed by atoms with Crippen molar-refractivity contribution in [1.29, 1.82) is 0 Å². The number of esters is 2. The number of nitrogens with two attached hydrogens (primary N) is 2. The molecule has 0 amide bonds. The van der Waals surface area contributed by atoms with Crippen molar-refractivity contribution in [1.82, 2.24) is 0 Å². The van der Waals surface area contributed by atoms with E-state index in [-0.39, 0.29) is 16.8 Å². The molecule has 6 heteroatoms. The highest BCUT2D eigenvalue weighted by Crippen LogP contribution is 2.19. The zero-order chi connectivity index (χ0) is 14.7. The fourth-order valence-corrected chi connectivity index (χ4v) is 1.69. The minimum atomic E-state index is -0.855. The minimum Gasteiger partial charge on any atom is -0.399 e. The zero-order valence-electron chi connectivity index (χ0n) is 10.3. The topological polar surface area (TPSA) is 95.4 Å². The van der Waals surface area contributed by atoms with Crippen molar-refractivity contribution in [2.75, 3.05) is 11.5 Å². The second kappa shape index (κ2) is 5.63. The van der Waals surface area contributed by atoms with Crippen LogP contribution in [0.15, 0.2) is 42.5 Å². The number of halogens is 1. The van der Waals surface area contributed by atoms with Crippen molar-refractivity contribution in [3.63, 3.8) is 0 Å². The first-order valence-electron chi connectivity index (χ1n) is 5.64. The van der Waals surface area contributed by atoms with Gasteiger partial charge in [0.2, 0.25) is 0 Å². The molecule has 0 radical (unpaired) electrons. The average molecular weight is 291 g/mol. The Bertz CT molecular complexity index is 669. The highest BCUT2D eigenvalue weighted by atomic mass is 35.5. The van der Waals surface area contributed by atoms with Gasteiger partial charge in [-0.25, -0.2) is 9.59 Å². The Kier molecular flexibility index (Phi) is 3.91. The lowest BCUT2D eigenvalue weighted by molar-refractivity contribution is 0.0398. The molecule has 0 aliphatic carbocycles. The van der Waals surface area contributed by atoms with Crippen LogP contribution in [0, 0.1) is 0 Å². The minimum absolute atomic E-state index is 0.0429. The Hall–Kier alpha value is -2.53. The molecule has 0 aromatic heterocycles. The van der Waals surface area contributed by atoms with Crippen LogP contribution in [0.5, 0.6) is 0 Å². The summed E-state index contributed by atoms with van der Waals surface area (Å²) in [5.74, 6) is -1.64. The van der Waals surface area contributed by atoms with E-state index in [2.05, 4.69) is 0 Å². The molecule has 0 aliphatic heterocycles.